The first-order valence-corrected chi connectivity index (χ1v) is 8.70. The Balaban J connectivity index is 2.29. The van der Waals surface area contributed by atoms with Crippen LogP contribution in [-0.2, 0) is 9.53 Å². The SMILES string of the molecule is CC(C)(C)OC(=O)N1CCN(c2ccc(Br)cc2[N+](=O)[O-])C(C(=O)O)C1. The Morgan fingerprint density at radius 1 is 1.35 bits per heavy atom. The lowest BCUT2D eigenvalue weighted by molar-refractivity contribution is -0.384. The highest BCUT2D eigenvalue weighted by molar-refractivity contribution is 9.10. The molecule has 1 atom stereocenters. The fourth-order valence-electron chi connectivity index (χ4n) is 2.66. The third-order valence-electron chi connectivity index (χ3n) is 3.76. The van der Waals surface area contributed by atoms with Crippen molar-refractivity contribution in [3.63, 3.8) is 0 Å². The molecule has 0 bridgehead atoms. The van der Waals surface area contributed by atoms with Crippen LogP contribution in [-0.4, -0.2) is 58.3 Å². The fourth-order valence-corrected chi connectivity index (χ4v) is 3.01. The summed E-state index contributed by atoms with van der Waals surface area (Å²) in [6.45, 7) is 5.38. The number of benzene rings is 1. The number of carbonyl (C=O) groups is 2. The number of nitrogens with zero attached hydrogens (tertiary/aromatic N) is 3. The van der Waals surface area contributed by atoms with Gasteiger partial charge in [-0.15, -0.1) is 0 Å². The molecule has 0 radical (unpaired) electrons. The molecule has 142 valence electrons. The van der Waals surface area contributed by atoms with Crippen molar-refractivity contribution in [1.29, 1.82) is 0 Å². The largest absolute Gasteiger partial charge is 0.480 e. The summed E-state index contributed by atoms with van der Waals surface area (Å²) in [6.07, 6.45) is -0.603. The first kappa shape index (κ1) is 20.0. The van der Waals surface area contributed by atoms with Gasteiger partial charge in [0.25, 0.3) is 5.69 Å². The van der Waals surface area contributed by atoms with Gasteiger partial charge in [0.05, 0.1) is 11.5 Å². The van der Waals surface area contributed by atoms with Crippen LogP contribution in [0.5, 0.6) is 0 Å². The van der Waals surface area contributed by atoms with E-state index < -0.39 is 28.6 Å². The van der Waals surface area contributed by atoms with Gasteiger partial charge in [-0.1, -0.05) is 15.9 Å². The second-order valence-electron chi connectivity index (χ2n) is 6.86. The van der Waals surface area contributed by atoms with Crippen molar-refractivity contribution in [2.45, 2.75) is 32.4 Å². The van der Waals surface area contributed by atoms with Crippen LogP contribution in [0.3, 0.4) is 0 Å². The van der Waals surface area contributed by atoms with Gasteiger partial charge >= 0.3 is 12.1 Å². The van der Waals surface area contributed by atoms with Crippen LogP contribution in [0.25, 0.3) is 0 Å². The second-order valence-corrected chi connectivity index (χ2v) is 7.78. The maximum atomic E-state index is 12.2. The molecular formula is C16H20BrN3O6. The molecule has 1 heterocycles. The van der Waals surface area contributed by atoms with Gasteiger partial charge in [-0.25, -0.2) is 9.59 Å². The molecule has 1 unspecified atom stereocenters. The van der Waals surface area contributed by atoms with Crippen molar-refractivity contribution in [3.8, 4) is 0 Å². The number of nitro benzene ring substituents is 1. The van der Waals surface area contributed by atoms with Gasteiger partial charge in [-0.2, -0.15) is 0 Å². The molecule has 1 fully saturated rings. The number of anilines is 1. The third-order valence-corrected chi connectivity index (χ3v) is 4.25. The van der Waals surface area contributed by atoms with Gasteiger partial charge in [0.15, 0.2) is 0 Å². The standard InChI is InChI=1S/C16H20BrN3O6/c1-16(2,3)26-15(23)18-6-7-19(13(9-18)14(21)22)11-5-4-10(17)8-12(11)20(24)25/h4-5,8,13H,6-7,9H2,1-3H3,(H,21,22). The summed E-state index contributed by atoms with van der Waals surface area (Å²) >= 11 is 3.18. The average molecular weight is 430 g/mol. The summed E-state index contributed by atoms with van der Waals surface area (Å²) in [5.74, 6) is -1.17. The molecule has 1 saturated heterocycles. The van der Waals surface area contributed by atoms with Crippen LogP contribution in [0, 0.1) is 10.1 Å². The number of rotatable bonds is 3. The number of carboxylic acids is 1. The molecule has 0 spiro atoms. The lowest BCUT2D eigenvalue weighted by Crippen LogP contribution is -2.58. The Labute approximate surface area is 158 Å². The van der Waals surface area contributed by atoms with Crippen molar-refractivity contribution in [3.05, 3.63) is 32.8 Å². The summed E-state index contributed by atoms with van der Waals surface area (Å²) in [4.78, 5) is 37.5. The Morgan fingerprint density at radius 2 is 2.00 bits per heavy atom. The molecule has 0 aromatic heterocycles. The molecule has 0 aliphatic carbocycles. The summed E-state index contributed by atoms with van der Waals surface area (Å²) in [5.41, 5.74) is -0.692. The second kappa shape index (κ2) is 7.48. The van der Waals surface area contributed by atoms with E-state index in [1.807, 2.05) is 0 Å². The van der Waals surface area contributed by atoms with E-state index in [1.54, 1.807) is 26.8 Å². The molecule has 10 heteroatoms. The Hall–Kier alpha value is -2.36. The summed E-state index contributed by atoms with van der Waals surface area (Å²) in [7, 11) is 0. The van der Waals surface area contributed by atoms with Crippen molar-refractivity contribution >= 4 is 39.4 Å². The van der Waals surface area contributed by atoms with Gasteiger partial charge < -0.3 is 19.6 Å². The van der Waals surface area contributed by atoms with Crippen molar-refractivity contribution in [1.82, 2.24) is 4.90 Å². The van der Waals surface area contributed by atoms with E-state index in [-0.39, 0.29) is 31.0 Å². The van der Waals surface area contributed by atoms with Crippen LogP contribution in [0.4, 0.5) is 16.2 Å². The molecule has 1 amide bonds. The summed E-state index contributed by atoms with van der Waals surface area (Å²) in [6, 6.07) is 3.33. The number of carbonyl (C=O) groups excluding carboxylic acids is 1. The van der Waals surface area contributed by atoms with E-state index in [4.69, 9.17) is 4.74 Å². The topological polar surface area (TPSA) is 113 Å². The molecular weight excluding hydrogens is 410 g/mol. The van der Waals surface area contributed by atoms with E-state index in [0.717, 1.165) is 0 Å². The van der Waals surface area contributed by atoms with Gasteiger partial charge in [0.2, 0.25) is 0 Å². The minimum absolute atomic E-state index is 0.128. The lowest BCUT2D eigenvalue weighted by atomic mass is 10.1. The molecule has 9 nitrogen and oxygen atoms in total. The van der Waals surface area contributed by atoms with Crippen LogP contribution < -0.4 is 4.90 Å². The highest BCUT2D eigenvalue weighted by Crippen LogP contribution is 2.33. The Kier molecular flexibility index (Phi) is 5.74. The first-order valence-electron chi connectivity index (χ1n) is 7.91. The molecule has 0 saturated carbocycles. The van der Waals surface area contributed by atoms with E-state index >= 15 is 0 Å². The number of carboxylic acid groups (broad SMARTS) is 1. The van der Waals surface area contributed by atoms with Gasteiger partial charge in [-0.05, 0) is 32.9 Å². The molecule has 1 aromatic carbocycles. The predicted octanol–water partition coefficient (Wildman–Crippen LogP) is 2.87. The Bertz CT molecular complexity index is 733. The van der Waals surface area contributed by atoms with Crippen LogP contribution in [0.2, 0.25) is 0 Å². The highest BCUT2D eigenvalue weighted by atomic mass is 79.9. The first-order chi connectivity index (χ1) is 12.0. The fraction of sp³-hybridized carbons (Fsp3) is 0.500. The number of nitro groups is 1. The molecule has 2 rings (SSSR count). The number of halogens is 1. The zero-order chi connectivity index (χ0) is 19.6. The Morgan fingerprint density at radius 3 is 2.54 bits per heavy atom. The average Bonchev–Trinajstić information content (AvgIpc) is 2.52. The molecule has 1 N–H and O–H groups in total. The van der Waals surface area contributed by atoms with Crippen molar-refractivity contribution in [2.75, 3.05) is 24.5 Å². The highest BCUT2D eigenvalue weighted by Gasteiger charge is 2.38. The minimum atomic E-state index is -1.17. The van der Waals surface area contributed by atoms with E-state index in [2.05, 4.69) is 15.9 Å². The molecule has 1 aliphatic heterocycles. The third kappa shape index (κ3) is 4.63. The number of aliphatic carboxylic acids is 1. The normalized spacial score (nSPS) is 17.8. The lowest BCUT2D eigenvalue weighted by Gasteiger charge is -2.40. The number of piperazine rings is 1. The number of hydrogen-bond acceptors (Lipinski definition) is 6. The number of amides is 1. The van der Waals surface area contributed by atoms with Crippen LogP contribution >= 0.6 is 15.9 Å². The van der Waals surface area contributed by atoms with Crippen LogP contribution in [0.1, 0.15) is 20.8 Å². The van der Waals surface area contributed by atoms with E-state index in [1.165, 1.54) is 21.9 Å². The summed E-state index contributed by atoms with van der Waals surface area (Å²) in [5, 5.41) is 20.9. The van der Waals surface area contributed by atoms with Crippen molar-refractivity contribution < 1.29 is 24.4 Å². The minimum Gasteiger partial charge on any atom is -0.480 e. The quantitative estimate of drug-likeness (QED) is 0.580. The van der Waals surface area contributed by atoms with Gasteiger partial charge in [-0.3, -0.25) is 10.1 Å². The molecule has 1 aromatic rings. The smallest absolute Gasteiger partial charge is 0.410 e. The maximum Gasteiger partial charge on any atom is 0.410 e. The molecule has 1 aliphatic rings. The van der Waals surface area contributed by atoms with Gasteiger partial charge in [0.1, 0.15) is 17.3 Å². The zero-order valence-electron chi connectivity index (χ0n) is 14.6. The summed E-state index contributed by atoms with van der Waals surface area (Å²) < 4.78 is 5.81. The van der Waals surface area contributed by atoms with E-state index in [9.17, 15) is 24.8 Å². The van der Waals surface area contributed by atoms with E-state index in [0.29, 0.717) is 4.47 Å². The maximum absolute atomic E-state index is 12.2. The van der Waals surface area contributed by atoms with Crippen molar-refractivity contribution in [2.24, 2.45) is 0 Å². The molecule has 26 heavy (non-hydrogen) atoms. The van der Waals surface area contributed by atoms with Crippen LogP contribution in [0.15, 0.2) is 22.7 Å². The predicted molar refractivity (Wildman–Crippen MR) is 97.4 cm³/mol. The van der Waals surface area contributed by atoms with Gasteiger partial charge in [0, 0.05) is 23.6 Å². The number of ether oxygens (including phenoxy) is 1. The number of hydrogen-bond donors (Lipinski definition) is 1. The monoisotopic (exact) mass is 429 g/mol. The zero-order valence-corrected chi connectivity index (χ0v) is 16.2.